The molecule has 0 aliphatic rings. The Kier molecular flexibility index (Phi) is 15.3. The second-order valence-corrected chi connectivity index (χ2v) is 11.8. The SMILES string of the molecule is CNC(=O)CCCSSCCC(=O)NCCC(C)(C)OCCC(C)(C)C(=O)NC(C)C. The van der Waals surface area contributed by atoms with Crippen molar-refractivity contribution in [3.8, 4) is 0 Å². The first-order valence-corrected chi connectivity index (χ1v) is 13.5. The van der Waals surface area contributed by atoms with Crippen molar-refractivity contribution in [2.24, 2.45) is 5.41 Å². The van der Waals surface area contributed by atoms with Crippen LogP contribution in [0.1, 0.15) is 73.6 Å². The van der Waals surface area contributed by atoms with Gasteiger partial charge >= 0.3 is 0 Å². The van der Waals surface area contributed by atoms with E-state index in [-0.39, 0.29) is 29.4 Å². The summed E-state index contributed by atoms with van der Waals surface area (Å²) in [6.45, 7) is 12.8. The Hall–Kier alpha value is -0.930. The van der Waals surface area contributed by atoms with Crippen LogP contribution in [0.2, 0.25) is 0 Å². The molecule has 0 aromatic heterocycles. The van der Waals surface area contributed by atoms with Gasteiger partial charge in [0.1, 0.15) is 0 Å². The van der Waals surface area contributed by atoms with Crippen molar-refractivity contribution in [3.05, 3.63) is 0 Å². The van der Waals surface area contributed by atoms with Gasteiger partial charge in [-0.3, -0.25) is 14.4 Å². The first-order valence-electron chi connectivity index (χ1n) is 11.1. The molecule has 0 aromatic carbocycles. The molecule has 0 aliphatic carbocycles. The number of carbonyl (C=O) groups excluding carboxylic acids is 3. The summed E-state index contributed by atoms with van der Waals surface area (Å²) in [5, 5.41) is 8.51. The molecule has 0 unspecified atom stereocenters. The predicted molar refractivity (Wildman–Crippen MR) is 132 cm³/mol. The van der Waals surface area contributed by atoms with Crippen LogP contribution in [0.4, 0.5) is 0 Å². The molecule has 182 valence electrons. The summed E-state index contributed by atoms with van der Waals surface area (Å²) in [5.74, 6) is 1.81. The van der Waals surface area contributed by atoms with Crippen molar-refractivity contribution >= 4 is 39.3 Å². The maximum atomic E-state index is 12.2. The number of hydrogen-bond donors (Lipinski definition) is 3. The molecule has 9 heteroatoms. The molecule has 0 saturated heterocycles. The second kappa shape index (κ2) is 15.8. The molecule has 0 aliphatic heterocycles. The quantitative estimate of drug-likeness (QED) is 0.219. The number of hydrogen-bond acceptors (Lipinski definition) is 6. The smallest absolute Gasteiger partial charge is 0.225 e. The average Bonchev–Trinajstić information content (AvgIpc) is 2.65. The highest BCUT2D eigenvalue weighted by Crippen LogP contribution is 2.24. The topological polar surface area (TPSA) is 96.5 Å². The fourth-order valence-corrected chi connectivity index (χ4v) is 4.56. The molecule has 31 heavy (non-hydrogen) atoms. The van der Waals surface area contributed by atoms with Gasteiger partial charge in [0.2, 0.25) is 17.7 Å². The third-order valence-electron chi connectivity index (χ3n) is 4.71. The lowest BCUT2D eigenvalue weighted by molar-refractivity contribution is -0.132. The van der Waals surface area contributed by atoms with Gasteiger partial charge in [-0.25, -0.2) is 0 Å². The first-order chi connectivity index (χ1) is 14.4. The molecule has 0 saturated carbocycles. The van der Waals surface area contributed by atoms with E-state index in [1.54, 1.807) is 28.6 Å². The summed E-state index contributed by atoms with van der Waals surface area (Å²) in [6, 6.07) is 0.124. The molecule has 0 spiro atoms. The zero-order valence-electron chi connectivity index (χ0n) is 20.4. The van der Waals surface area contributed by atoms with Crippen LogP contribution in [0.3, 0.4) is 0 Å². The molecule has 7 nitrogen and oxygen atoms in total. The minimum Gasteiger partial charge on any atom is -0.375 e. The zero-order valence-corrected chi connectivity index (χ0v) is 22.0. The number of rotatable bonds is 17. The van der Waals surface area contributed by atoms with Crippen LogP contribution in [-0.4, -0.2) is 61.1 Å². The van der Waals surface area contributed by atoms with E-state index >= 15 is 0 Å². The number of amides is 3. The van der Waals surface area contributed by atoms with E-state index in [1.807, 2.05) is 41.5 Å². The molecule has 0 fully saturated rings. The lowest BCUT2D eigenvalue weighted by atomic mass is 9.88. The second-order valence-electron chi connectivity index (χ2n) is 9.14. The summed E-state index contributed by atoms with van der Waals surface area (Å²) >= 11 is 0. The Morgan fingerprint density at radius 3 is 2.19 bits per heavy atom. The van der Waals surface area contributed by atoms with Crippen molar-refractivity contribution in [2.45, 2.75) is 85.3 Å². The molecule has 0 bridgehead atoms. The lowest BCUT2D eigenvalue weighted by Crippen LogP contribution is -2.41. The van der Waals surface area contributed by atoms with Crippen molar-refractivity contribution in [2.75, 3.05) is 31.7 Å². The monoisotopic (exact) mass is 477 g/mol. The Balaban J connectivity index is 3.89. The van der Waals surface area contributed by atoms with Crippen LogP contribution in [0.15, 0.2) is 0 Å². The normalized spacial score (nSPS) is 12.0. The van der Waals surface area contributed by atoms with E-state index in [0.29, 0.717) is 38.8 Å². The van der Waals surface area contributed by atoms with E-state index in [1.165, 1.54) is 0 Å². The van der Waals surface area contributed by atoms with Crippen LogP contribution in [0, 0.1) is 5.41 Å². The van der Waals surface area contributed by atoms with Crippen molar-refractivity contribution in [3.63, 3.8) is 0 Å². The van der Waals surface area contributed by atoms with Gasteiger partial charge in [-0.05, 0) is 47.0 Å². The molecule has 0 aromatic rings. The number of nitrogens with one attached hydrogen (secondary N) is 3. The van der Waals surface area contributed by atoms with Crippen LogP contribution in [0.5, 0.6) is 0 Å². The maximum Gasteiger partial charge on any atom is 0.225 e. The Bertz CT molecular complexity index is 555. The predicted octanol–water partition coefficient (Wildman–Crippen LogP) is 3.53. The standard InChI is InChI=1S/C22H43N3O4S2/c1-17(2)25-20(28)21(3,4)12-14-29-22(5,6)11-13-24-19(27)10-16-31-30-15-8-9-18(26)23-7/h17H,8-16H2,1-7H3,(H,23,26)(H,24,27)(H,25,28). The van der Waals surface area contributed by atoms with Gasteiger partial charge in [0.25, 0.3) is 0 Å². The summed E-state index contributed by atoms with van der Waals surface area (Å²) in [7, 11) is 5.01. The van der Waals surface area contributed by atoms with E-state index in [0.717, 1.165) is 17.9 Å². The highest BCUT2D eigenvalue weighted by Gasteiger charge is 2.29. The molecule has 3 N–H and O–H groups in total. The molecule has 3 amide bonds. The van der Waals surface area contributed by atoms with Gasteiger partial charge < -0.3 is 20.7 Å². The summed E-state index contributed by atoms with van der Waals surface area (Å²) in [6.07, 6.45) is 3.22. The number of ether oxygens (including phenoxy) is 1. The van der Waals surface area contributed by atoms with Crippen molar-refractivity contribution < 1.29 is 19.1 Å². The molecular weight excluding hydrogens is 434 g/mol. The minimum absolute atomic E-state index is 0.0404. The fourth-order valence-electron chi connectivity index (χ4n) is 2.49. The highest BCUT2D eigenvalue weighted by molar-refractivity contribution is 8.76. The van der Waals surface area contributed by atoms with Crippen molar-refractivity contribution in [1.82, 2.24) is 16.0 Å². The molecule has 0 rings (SSSR count). The van der Waals surface area contributed by atoms with E-state index in [2.05, 4.69) is 16.0 Å². The third-order valence-corrected chi connectivity index (χ3v) is 7.20. The van der Waals surface area contributed by atoms with Gasteiger partial charge in [-0.2, -0.15) is 0 Å². The van der Waals surface area contributed by atoms with E-state index in [4.69, 9.17) is 4.74 Å². The molecule has 0 heterocycles. The van der Waals surface area contributed by atoms with Gasteiger partial charge in [0.05, 0.1) is 5.60 Å². The van der Waals surface area contributed by atoms with Crippen LogP contribution in [-0.2, 0) is 19.1 Å². The largest absolute Gasteiger partial charge is 0.375 e. The van der Waals surface area contributed by atoms with E-state index < -0.39 is 5.41 Å². The van der Waals surface area contributed by atoms with Gasteiger partial charge in [0, 0.05) is 56.0 Å². The maximum absolute atomic E-state index is 12.2. The van der Waals surface area contributed by atoms with Crippen LogP contribution >= 0.6 is 21.6 Å². The van der Waals surface area contributed by atoms with E-state index in [9.17, 15) is 14.4 Å². The molecule has 0 atom stereocenters. The lowest BCUT2D eigenvalue weighted by Gasteiger charge is -2.29. The molecular formula is C22H43N3O4S2. The summed E-state index contributed by atoms with van der Waals surface area (Å²) < 4.78 is 6.00. The Morgan fingerprint density at radius 1 is 0.935 bits per heavy atom. The Labute approximate surface area is 196 Å². The molecule has 0 radical (unpaired) electrons. The van der Waals surface area contributed by atoms with Gasteiger partial charge in [-0.1, -0.05) is 35.4 Å². The summed E-state index contributed by atoms with van der Waals surface area (Å²) in [4.78, 5) is 35.3. The highest BCUT2D eigenvalue weighted by atomic mass is 33.1. The Morgan fingerprint density at radius 2 is 1.58 bits per heavy atom. The van der Waals surface area contributed by atoms with Gasteiger partial charge in [0.15, 0.2) is 0 Å². The fraction of sp³-hybridized carbons (Fsp3) is 0.864. The first kappa shape index (κ1) is 30.1. The van der Waals surface area contributed by atoms with Crippen LogP contribution < -0.4 is 16.0 Å². The van der Waals surface area contributed by atoms with Crippen molar-refractivity contribution in [1.29, 1.82) is 0 Å². The zero-order chi connectivity index (χ0) is 23.9. The van der Waals surface area contributed by atoms with Crippen LogP contribution in [0.25, 0.3) is 0 Å². The minimum atomic E-state index is -0.480. The van der Waals surface area contributed by atoms with Gasteiger partial charge in [-0.15, -0.1) is 0 Å². The summed E-state index contributed by atoms with van der Waals surface area (Å²) in [5.41, 5.74) is -0.847. The number of carbonyl (C=O) groups is 3. The third kappa shape index (κ3) is 16.4. The average molecular weight is 478 g/mol.